The number of rotatable bonds is 2. The van der Waals surface area contributed by atoms with Crippen molar-refractivity contribution < 1.29 is 0 Å². The maximum atomic E-state index is 2.50. The molecule has 0 nitrogen and oxygen atoms in total. The molecule has 0 aliphatic heterocycles. The van der Waals surface area contributed by atoms with Gasteiger partial charge in [-0.25, -0.2) is 0 Å². The summed E-state index contributed by atoms with van der Waals surface area (Å²) in [4.78, 5) is 0. The molecule has 14 heavy (non-hydrogen) atoms. The number of allylic oxidation sites excluding steroid dienone is 2. The molecule has 0 radical (unpaired) electrons. The average Bonchev–Trinajstić information content (AvgIpc) is 2.25. The summed E-state index contributed by atoms with van der Waals surface area (Å²) in [5.74, 6) is 1.73. The number of hydrogen-bond donors (Lipinski definition) is 0. The number of hydrogen-bond acceptors (Lipinski definition) is 0. The van der Waals surface area contributed by atoms with E-state index in [0.717, 1.165) is 11.8 Å². The topological polar surface area (TPSA) is 0 Å². The molecule has 82 valence electrons. The Morgan fingerprint density at radius 1 is 0.786 bits per heavy atom. The molecule has 0 aromatic heterocycles. The fourth-order valence-corrected chi connectivity index (χ4v) is 2.35. The van der Waals surface area contributed by atoms with E-state index in [2.05, 4.69) is 26.0 Å². The van der Waals surface area contributed by atoms with Crippen LogP contribution in [0.25, 0.3) is 0 Å². The molecule has 2 unspecified atom stereocenters. The van der Waals surface area contributed by atoms with Crippen LogP contribution in [0.3, 0.4) is 0 Å². The van der Waals surface area contributed by atoms with Crippen molar-refractivity contribution in [1.82, 2.24) is 0 Å². The molecule has 0 spiro atoms. The van der Waals surface area contributed by atoms with Crippen LogP contribution in [0, 0.1) is 11.8 Å². The largest absolute Gasteiger partial charge is 0.0852 e. The van der Waals surface area contributed by atoms with Gasteiger partial charge < -0.3 is 0 Å². The minimum Gasteiger partial charge on any atom is -0.0852 e. The maximum Gasteiger partial charge on any atom is -0.0236 e. The Morgan fingerprint density at radius 2 is 1.21 bits per heavy atom. The third kappa shape index (κ3) is 4.30. The molecule has 0 saturated heterocycles. The van der Waals surface area contributed by atoms with Gasteiger partial charge in [0.15, 0.2) is 0 Å². The van der Waals surface area contributed by atoms with Gasteiger partial charge in [0, 0.05) is 0 Å². The van der Waals surface area contributed by atoms with Crippen LogP contribution in [0.1, 0.15) is 65.2 Å². The molecule has 2 atom stereocenters. The van der Waals surface area contributed by atoms with Crippen molar-refractivity contribution in [2.75, 3.05) is 0 Å². The van der Waals surface area contributed by atoms with Crippen LogP contribution >= 0.6 is 0 Å². The second-order valence-electron chi connectivity index (χ2n) is 4.71. The second kappa shape index (κ2) is 7.09. The molecule has 0 heteroatoms. The summed E-state index contributed by atoms with van der Waals surface area (Å²) in [6.07, 6.45) is 16.3. The highest BCUT2D eigenvalue weighted by Crippen LogP contribution is 2.22. The van der Waals surface area contributed by atoms with Gasteiger partial charge in [-0.05, 0) is 37.5 Å². The highest BCUT2D eigenvalue weighted by Gasteiger charge is 2.07. The molecule has 0 saturated carbocycles. The lowest BCUT2D eigenvalue weighted by molar-refractivity contribution is 0.464. The van der Waals surface area contributed by atoms with Gasteiger partial charge in [-0.3, -0.25) is 0 Å². The van der Waals surface area contributed by atoms with Crippen molar-refractivity contribution in [3.05, 3.63) is 12.2 Å². The summed E-state index contributed by atoms with van der Waals surface area (Å²) in [7, 11) is 0. The van der Waals surface area contributed by atoms with Crippen LogP contribution in [0.15, 0.2) is 12.2 Å². The zero-order valence-corrected chi connectivity index (χ0v) is 9.97. The SMILES string of the molecule is CCC1C=CC(CC)CCCCCC1. The van der Waals surface area contributed by atoms with Crippen molar-refractivity contribution in [3.63, 3.8) is 0 Å². The molecule has 1 rings (SSSR count). The maximum absolute atomic E-state index is 2.50. The van der Waals surface area contributed by atoms with Crippen LogP contribution in [-0.2, 0) is 0 Å². The molecule has 1 aliphatic rings. The summed E-state index contributed by atoms with van der Waals surface area (Å²) in [6, 6.07) is 0. The highest BCUT2D eigenvalue weighted by molar-refractivity contribution is 4.92. The minimum absolute atomic E-state index is 0.863. The summed E-state index contributed by atoms with van der Waals surface area (Å²) in [6.45, 7) is 4.64. The Hall–Kier alpha value is -0.260. The Labute approximate surface area is 89.8 Å². The molecule has 0 aromatic rings. The van der Waals surface area contributed by atoms with Gasteiger partial charge in [-0.2, -0.15) is 0 Å². The van der Waals surface area contributed by atoms with Gasteiger partial charge in [0.05, 0.1) is 0 Å². The quantitative estimate of drug-likeness (QED) is 0.546. The van der Waals surface area contributed by atoms with Crippen LogP contribution < -0.4 is 0 Å². The second-order valence-corrected chi connectivity index (χ2v) is 4.71. The van der Waals surface area contributed by atoms with E-state index in [-0.39, 0.29) is 0 Å². The first kappa shape index (κ1) is 11.8. The fourth-order valence-electron chi connectivity index (χ4n) is 2.35. The molecule has 0 bridgehead atoms. The first-order chi connectivity index (χ1) is 6.86. The van der Waals surface area contributed by atoms with Gasteiger partial charge in [0.1, 0.15) is 0 Å². The molecule has 0 amide bonds. The Kier molecular flexibility index (Phi) is 5.98. The van der Waals surface area contributed by atoms with Gasteiger partial charge in [0.2, 0.25) is 0 Å². The van der Waals surface area contributed by atoms with Gasteiger partial charge >= 0.3 is 0 Å². The normalized spacial score (nSPS) is 30.1. The van der Waals surface area contributed by atoms with Crippen molar-refractivity contribution in [3.8, 4) is 0 Å². The summed E-state index contributed by atoms with van der Waals surface area (Å²) >= 11 is 0. The van der Waals surface area contributed by atoms with Gasteiger partial charge in [-0.1, -0.05) is 51.7 Å². The van der Waals surface area contributed by atoms with E-state index < -0.39 is 0 Å². The molecular formula is C14H26. The Bertz CT molecular complexity index is 139. The fraction of sp³-hybridized carbons (Fsp3) is 0.857. The van der Waals surface area contributed by atoms with Gasteiger partial charge in [0.25, 0.3) is 0 Å². The van der Waals surface area contributed by atoms with Crippen molar-refractivity contribution in [2.45, 2.75) is 65.2 Å². The standard InChI is InChI=1S/C14H26/c1-3-13-9-7-5-6-8-10-14(4-2)12-11-13/h11-14H,3-10H2,1-2H3. The lowest BCUT2D eigenvalue weighted by Gasteiger charge is -2.16. The Morgan fingerprint density at radius 3 is 1.57 bits per heavy atom. The summed E-state index contributed by atoms with van der Waals surface area (Å²) < 4.78 is 0. The van der Waals surface area contributed by atoms with Crippen LogP contribution in [-0.4, -0.2) is 0 Å². The van der Waals surface area contributed by atoms with E-state index in [4.69, 9.17) is 0 Å². The van der Waals surface area contributed by atoms with Crippen molar-refractivity contribution >= 4 is 0 Å². The molecular weight excluding hydrogens is 168 g/mol. The molecule has 0 fully saturated rings. The van der Waals surface area contributed by atoms with Crippen molar-refractivity contribution in [1.29, 1.82) is 0 Å². The van der Waals surface area contributed by atoms with E-state index in [1.807, 2.05) is 0 Å². The smallest absolute Gasteiger partial charge is 0.0236 e. The predicted octanol–water partition coefficient (Wildman–Crippen LogP) is 4.95. The van der Waals surface area contributed by atoms with Crippen molar-refractivity contribution in [2.24, 2.45) is 11.8 Å². The molecule has 0 heterocycles. The zero-order valence-electron chi connectivity index (χ0n) is 9.97. The summed E-state index contributed by atoms with van der Waals surface area (Å²) in [5.41, 5.74) is 0. The van der Waals surface area contributed by atoms with Crippen LogP contribution in [0.5, 0.6) is 0 Å². The predicted molar refractivity (Wildman–Crippen MR) is 64.4 cm³/mol. The molecule has 0 aromatic carbocycles. The highest BCUT2D eigenvalue weighted by atomic mass is 14.1. The van der Waals surface area contributed by atoms with E-state index in [1.54, 1.807) is 0 Å². The van der Waals surface area contributed by atoms with Crippen LogP contribution in [0.2, 0.25) is 0 Å². The Balaban J connectivity index is 2.48. The van der Waals surface area contributed by atoms with E-state index in [9.17, 15) is 0 Å². The van der Waals surface area contributed by atoms with Gasteiger partial charge in [-0.15, -0.1) is 0 Å². The third-order valence-corrected chi connectivity index (χ3v) is 3.60. The zero-order chi connectivity index (χ0) is 10.2. The summed E-state index contributed by atoms with van der Waals surface area (Å²) in [5, 5.41) is 0. The minimum atomic E-state index is 0.863. The average molecular weight is 194 g/mol. The molecule has 1 aliphatic carbocycles. The van der Waals surface area contributed by atoms with E-state index >= 15 is 0 Å². The van der Waals surface area contributed by atoms with E-state index in [1.165, 1.54) is 51.4 Å². The lowest BCUT2D eigenvalue weighted by atomic mass is 9.90. The first-order valence-electron chi connectivity index (χ1n) is 6.55. The van der Waals surface area contributed by atoms with Crippen LogP contribution in [0.4, 0.5) is 0 Å². The third-order valence-electron chi connectivity index (χ3n) is 3.60. The first-order valence-corrected chi connectivity index (χ1v) is 6.55. The molecule has 0 N–H and O–H groups in total. The van der Waals surface area contributed by atoms with E-state index in [0.29, 0.717) is 0 Å². The lowest BCUT2D eigenvalue weighted by Crippen LogP contribution is -2.01. The monoisotopic (exact) mass is 194 g/mol.